The Morgan fingerprint density at radius 1 is 1.23 bits per heavy atom. The Morgan fingerprint density at radius 3 is 2.81 bits per heavy atom. The molecule has 2 aliphatic rings. The van der Waals surface area contributed by atoms with E-state index in [1.807, 2.05) is 0 Å². The van der Waals surface area contributed by atoms with Gasteiger partial charge in [0.05, 0.1) is 24.6 Å². The second kappa shape index (κ2) is 7.47. The van der Waals surface area contributed by atoms with Gasteiger partial charge in [-0.25, -0.2) is 4.98 Å². The number of H-pyrrole nitrogens is 1. The maximum Gasteiger partial charge on any atom is 0.255 e. The van der Waals surface area contributed by atoms with Crippen LogP contribution >= 0.6 is 0 Å². The van der Waals surface area contributed by atoms with E-state index < -0.39 is 6.67 Å². The third kappa shape index (κ3) is 3.32. The predicted molar refractivity (Wildman–Crippen MR) is 92.4 cm³/mol. The minimum absolute atomic E-state index is 0.145. The van der Waals surface area contributed by atoms with Gasteiger partial charge in [0.25, 0.3) is 5.91 Å². The molecule has 1 aliphatic carbocycles. The summed E-state index contributed by atoms with van der Waals surface area (Å²) >= 11 is 0. The molecule has 2 aromatic heterocycles. The molecule has 0 spiro atoms. The van der Waals surface area contributed by atoms with Gasteiger partial charge in [-0.05, 0) is 18.9 Å². The van der Waals surface area contributed by atoms with E-state index in [1.54, 1.807) is 11.0 Å². The van der Waals surface area contributed by atoms with Crippen molar-refractivity contribution in [1.82, 2.24) is 30.3 Å². The summed E-state index contributed by atoms with van der Waals surface area (Å²) in [5.74, 6) is 1.40. The molecule has 1 saturated heterocycles. The van der Waals surface area contributed by atoms with Crippen LogP contribution in [-0.4, -0.2) is 55.9 Å². The fourth-order valence-electron chi connectivity index (χ4n) is 4.10. The van der Waals surface area contributed by atoms with Gasteiger partial charge < -0.3 is 4.90 Å². The molecule has 7 nitrogen and oxygen atoms in total. The van der Waals surface area contributed by atoms with Crippen LogP contribution in [0.3, 0.4) is 0 Å². The number of rotatable bonds is 4. The van der Waals surface area contributed by atoms with Gasteiger partial charge in [0.15, 0.2) is 5.82 Å². The number of hydrogen-bond acceptors (Lipinski definition) is 5. The quantitative estimate of drug-likeness (QED) is 0.907. The van der Waals surface area contributed by atoms with Gasteiger partial charge in [0.1, 0.15) is 5.82 Å². The first-order valence-corrected chi connectivity index (χ1v) is 9.30. The van der Waals surface area contributed by atoms with Gasteiger partial charge in [-0.15, -0.1) is 0 Å². The van der Waals surface area contributed by atoms with Crippen molar-refractivity contribution in [2.75, 3.05) is 19.8 Å². The standard InChI is InChI=1S/C18H23FN6O/c19-8-14-10-25(18(26)13-6-7-20-21-9-13)11-15(14)17-22-16(23-24-17)12-4-2-1-3-5-12/h6-7,9,12,14-15H,1-5,8,10-11H2,(H,22,23,24)/t14-,15-/m1/s1. The van der Waals surface area contributed by atoms with Crippen molar-refractivity contribution < 1.29 is 9.18 Å². The number of carbonyl (C=O) groups is 1. The van der Waals surface area contributed by atoms with Gasteiger partial charge >= 0.3 is 0 Å². The van der Waals surface area contributed by atoms with Crippen molar-refractivity contribution in [3.05, 3.63) is 35.7 Å². The highest BCUT2D eigenvalue weighted by molar-refractivity contribution is 5.94. The van der Waals surface area contributed by atoms with Crippen molar-refractivity contribution in [3.8, 4) is 0 Å². The summed E-state index contributed by atoms with van der Waals surface area (Å²) in [7, 11) is 0. The lowest BCUT2D eigenvalue weighted by Gasteiger charge is -2.18. The van der Waals surface area contributed by atoms with Gasteiger partial charge in [0.2, 0.25) is 0 Å². The van der Waals surface area contributed by atoms with Crippen LogP contribution in [0.1, 0.15) is 65.9 Å². The molecule has 3 heterocycles. The molecule has 1 saturated carbocycles. The van der Waals surface area contributed by atoms with Crippen LogP contribution in [0.5, 0.6) is 0 Å². The third-order valence-corrected chi connectivity index (χ3v) is 5.60. The van der Waals surface area contributed by atoms with Crippen LogP contribution in [-0.2, 0) is 0 Å². The Morgan fingerprint density at radius 2 is 2.08 bits per heavy atom. The fraction of sp³-hybridized carbons (Fsp3) is 0.611. The lowest BCUT2D eigenvalue weighted by molar-refractivity contribution is 0.0784. The summed E-state index contributed by atoms with van der Waals surface area (Å²) in [4.78, 5) is 19.0. The van der Waals surface area contributed by atoms with Crippen LogP contribution in [0.4, 0.5) is 4.39 Å². The third-order valence-electron chi connectivity index (χ3n) is 5.60. The molecule has 1 amide bonds. The number of alkyl halides is 1. The second-order valence-corrected chi connectivity index (χ2v) is 7.28. The minimum Gasteiger partial charge on any atom is -0.337 e. The summed E-state index contributed by atoms with van der Waals surface area (Å²) in [6, 6.07) is 1.63. The highest BCUT2D eigenvalue weighted by Gasteiger charge is 2.38. The number of halogens is 1. The van der Waals surface area contributed by atoms with E-state index in [9.17, 15) is 9.18 Å². The first-order chi connectivity index (χ1) is 12.8. The van der Waals surface area contributed by atoms with Gasteiger partial charge in [-0.1, -0.05) is 19.3 Å². The van der Waals surface area contributed by atoms with E-state index in [0.717, 1.165) is 18.7 Å². The topological polar surface area (TPSA) is 87.7 Å². The van der Waals surface area contributed by atoms with Crippen molar-refractivity contribution in [1.29, 1.82) is 0 Å². The van der Waals surface area contributed by atoms with E-state index in [4.69, 9.17) is 0 Å². The predicted octanol–water partition coefficient (Wildman–Crippen LogP) is 2.47. The highest BCUT2D eigenvalue weighted by Crippen LogP contribution is 2.34. The van der Waals surface area contributed by atoms with Crippen LogP contribution in [0.2, 0.25) is 0 Å². The Hall–Kier alpha value is -2.38. The summed E-state index contributed by atoms with van der Waals surface area (Å²) in [6.07, 6.45) is 8.88. The number of hydrogen-bond donors (Lipinski definition) is 1. The number of carbonyl (C=O) groups excluding carboxylic acids is 1. The van der Waals surface area contributed by atoms with Crippen LogP contribution in [0.15, 0.2) is 18.5 Å². The monoisotopic (exact) mass is 358 g/mol. The molecule has 4 rings (SSSR count). The number of likely N-dealkylation sites (tertiary alicyclic amines) is 1. The Balaban J connectivity index is 1.49. The normalized spacial score (nSPS) is 24.1. The largest absolute Gasteiger partial charge is 0.337 e. The molecule has 1 N–H and O–H groups in total. The van der Waals surface area contributed by atoms with Gasteiger partial charge in [-0.2, -0.15) is 15.3 Å². The van der Waals surface area contributed by atoms with Crippen LogP contribution < -0.4 is 0 Å². The van der Waals surface area contributed by atoms with E-state index in [1.165, 1.54) is 31.7 Å². The highest BCUT2D eigenvalue weighted by atomic mass is 19.1. The summed E-state index contributed by atoms with van der Waals surface area (Å²) < 4.78 is 13.6. The first-order valence-electron chi connectivity index (χ1n) is 9.30. The average molecular weight is 358 g/mol. The minimum atomic E-state index is -0.484. The van der Waals surface area contributed by atoms with Crippen molar-refractivity contribution in [3.63, 3.8) is 0 Å². The zero-order valence-corrected chi connectivity index (χ0v) is 14.6. The second-order valence-electron chi connectivity index (χ2n) is 7.28. The number of nitrogens with zero attached hydrogens (tertiary/aromatic N) is 5. The molecular formula is C18H23FN6O. The summed E-state index contributed by atoms with van der Waals surface area (Å²) in [6.45, 7) is 0.333. The van der Waals surface area contributed by atoms with E-state index in [0.29, 0.717) is 30.4 Å². The molecule has 0 bridgehead atoms. The molecule has 0 aromatic carbocycles. The molecule has 1 aliphatic heterocycles. The average Bonchev–Trinajstić information content (AvgIpc) is 3.35. The smallest absolute Gasteiger partial charge is 0.255 e. The molecule has 0 unspecified atom stereocenters. The van der Waals surface area contributed by atoms with Crippen molar-refractivity contribution in [2.24, 2.45) is 5.92 Å². The zero-order chi connectivity index (χ0) is 17.9. The first kappa shape index (κ1) is 17.1. The number of aromatic nitrogens is 5. The molecular weight excluding hydrogens is 335 g/mol. The van der Waals surface area contributed by atoms with Crippen molar-refractivity contribution >= 4 is 5.91 Å². The molecule has 0 radical (unpaired) electrons. The summed E-state index contributed by atoms with van der Waals surface area (Å²) in [5, 5.41) is 14.9. The SMILES string of the molecule is O=C(c1ccnnc1)N1C[C@@H](CF)[C@H](c2nc(C3CCCCC3)n[nH]2)C1. The Labute approximate surface area is 151 Å². The fourth-order valence-corrected chi connectivity index (χ4v) is 4.10. The number of amides is 1. The molecule has 2 fully saturated rings. The van der Waals surface area contributed by atoms with Crippen LogP contribution in [0, 0.1) is 5.92 Å². The molecule has 2 aromatic rings. The van der Waals surface area contributed by atoms with E-state index in [2.05, 4.69) is 25.4 Å². The molecule has 8 heteroatoms. The van der Waals surface area contributed by atoms with E-state index >= 15 is 0 Å². The number of aromatic amines is 1. The molecule has 138 valence electrons. The molecule has 2 atom stereocenters. The number of nitrogens with one attached hydrogen (secondary N) is 1. The lowest BCUT2D eigenvalue weighted by atomic mass is 9.89. The summed E-state index contributed by atoms with van der Waals surface area (Å²) in [5.41, 5.74) is 0.471. The lowest BCUT2D eigenvalue weighted by Crippen LogP contribution is -2.29. The van der Waals surface area contributed by atoms with E-state index in [-0.39, 0.29) is 17.7 Å². The van der Waals surface area contributed by atoms with Gasteiger partial charge in [-0.3, -0.25) is 14.3 Å². The zero-order valence-electron chi connectivity index (χ0n) is 14.6. The molecule has 26 heavy (non-hydrogen) atoms. The Kier molecular flexibility index (Phi) is 4.90. The Bertz CT molecular complexity index is 745. The van der Waals surface area contributed by atoms with Gasteiger partial charge in [0, 0.05) is 30.8 Å². The van der Waals surface area contributed by atoms with Crippen molar-refractivity contribution in [2.45, 2.75) is 43.9 Å². The maximum atomic E-state index is 13.6. The maximum absolute atomic E-state index is 13.6. The van der Waals surface area contributed by atoms with Crippen LogP contribution in [0.25, 0.3) is 0 Å².